The quantitative estimate of drug-likeness (QED) is 0.834. The largest absolute Gasteiger partial charge is 0.494 e. The molecule has 2 atom stereocenters. The van der Waals surface area contributed by atoms with Gasteiger partial charge in [0.05, 0.1) is 11.5 Å². The maximum absolute atomic E-state index is 12.4. The van der Waals surface area contributed by atoms with Gasteiger partial charge in [-0.15, -0.1) is 0 Å². The summed E-state index contributed by atoms with van der Waals surface area (Å²) in [6, 6.07) is 6.69. The Morgan fingerprint density at radius 3 is 2.39 bits per heavy atom. The lowest BCUT2D eigenvalue weighted by atomic mass is 10.3. The zero-order chi connectivity index (χ0) is 12.8. The summed E-state index contributed by atoms with van der Waals surface area (Å²) in [4.78, 5) is 0.368. The van der Waals surface area contributed by atoms with Crippen molar-refractivity contribution in [2.45, 2.75) is 18.2 Å². The summed E-state index contributed by atoms with van der Waals surface area (Å²) in [5, 5.41) is 0. The summed E-state index contributed by atoms with van der Waals surface area (Å²) in [6.45, 7) is 3.88. The molecule has 0 amide bonds. The fraction of sp³-hybridized carbons (Fsp3) is 0.538. The molecule has 0 aromatic heterocycles. The fourth-order valence-corrected chi connectivity index (χ4v) is 4.13. The summed E-state index contributed by atoms with van der Waals surface area (Å²) in [6.07, 6.45) is 1.20. The first kappa shape index (κ1) is 12.0. The second-order valence-corrected chi connectivity index (χ2v) is 6.92. The summed E-state index contributed by atoms with van der Waals surface area (Å²) in [5.74, 6) is 1.94. The van der Waals surface area contributed by atoms with Crippen LogP contribution in [0, 0.1) is 11.8 Å². The van der Waals surface area contributed by atoms with Gasteiger partial charge >= 0.3 is 0 Å². The molecule has 1 aromatic rings. The number of hydrogen-bond donors (Lipinski definition) is 0. The van der Waals surface area contributed by atoms with Gasteiger partial charge in [0.25, 0.3) is 0 Å². The van der Waals surface area contributed by atoms with Gasteiger partial charge in [0.2, 0.25) is 10.0 Å². The average molecular weight is 267 g/mol. The van der Waals surface area contributed by atoms with Crippen LogP contribution >= 0.6 is 0 Å². The molecule has 4 nitrogen and oxygen atoms in total. The molecule has 1 aliphatic carbocycles. The van der Waals surface area contributed by atoms with E-state index in [0.717, 1.165) is 0 Å². The minimum absolute atomic E-state index is 0.368. The summed E-state index contributed by atoms with van der Waals surface area (Å²) >= 11 is 0. The van der Waals surface area contributed by atoms with Crippen LogP contribution < -0.4 is 4.74 Å². The number of benzene rings is 1. The van der Waals surface area contributed by atoms with Crippen LogP contribution in [0.4, 0.5) is 0 Å². The van der Waals surface area contributed by atoms with Crippen molar-refractivity contribution in [3.05, 3.63) is 24.3 Å². The van der Waals surface area contributed by atoms with Crippen LogP contribution in [-0.2, 0) is 10.0 Å². The highest BCUT2D eigenvalue weighted by molar-refractivity contribution is 7.89. The number of nitrogens with zero attached hydrogens (tertiary/aromatic N) is 1. The van der Waals surface area contributed by atoms with Gasteiger partial charge < -0.3 is 4.74 Å². The van der Waals surface area contributed by atoms with Gasteiger partial charge in [-0.25, -0.2) is 8.42 Å². The van der Waals surface area contributed by atoms with E-state index in [4.69, 9.17) is 4.74 Å². The number of piperidine rings is 1. The van der Waals surface area contributed by atoms with Crippen molar-refractivity contribution in [3.63, 3.8) is 0 Å². The Kier molecular flexibility index (Phi) is 2.83. The van der Waals surface area contributed by atoms with Gasteiger partial charge in [-0.1, -0.05) is 0 Å². The predicted octanol–water partition coefficient (Wildman–Crippen LogP) is 1.73. The summed E-state index contributed by atoms with van der Waals surface area (Å²) in [5.41, 5.74) is 0. The third kappa shape index (κ3) is 2.01. The highest BCUT2D eigenvalue weighted by Crippen LogP contribution is 2.46. The molecule has 1 heterocycles. The molecule has 1 saturated heterocycles. The third-order valence-corrected chi connectivity index (χ3v) is 5.56. The first-order chi connectivity index (χ1) is 8.61. The minimum atomic E-state index is -3.30. The van der Waals surface area contributed by atoms with E-state index < -0.39 is 10.0 Å². The highest BCUT2D eigenvalue weighted by atomic mass is 32.2. The molecule has 1 aliphatic heterocycles. The van der Waals surface area contributed by atoms with Crippen molar-refractivity contribution >= 4 is 10.0 Å². The molecule has 1 saturated carbocycles. The zero-order valence-corrected chi connectivity index (χ0v) is 11.2. The molecule has 3 rings (SSSR count). The van der Waals surface area contributed by atoms with Crippen LogP contribution in [0.5, 0.6) is 5.75 Å². The number of sulfonamides is 1. The highest BCUT2D eigenvalue weighted by Gasteiger charge is 2.48. The van der Waals surface area contributed by atoms with E-state index in [9.17, 15) is 8.42 Å². The maximum atomic E-state index is 12.4. The maximum Gasteiger partial charge on any atom is 0.243 e. The van der Waals surface area contributed by atoms with Crippen LogP contribution in [0.15, 0.2) is 29.2 Å². The second-order valence-electron chi connectivity index (χ2n) is 4.98. The average Bonchev–Trinajstić information content (AvgIpc) is 2.97. The Labute approximate surface area is 108 Å². The molecular formula is C13H17NO3S. The van der Waals surface area contributed by atoms with Crippen LogP contribution in [0.25, 0.3) is 0 Å². The molecule has 2 unspecified atom stereocenters. The Morgan fingerprint density at radius 2 is 1.83 bits per heavy atom. The van der Waals surface area contributed by atoms with Crippen molar-refractivity contribution in [1.82, 2.24) is 4.31 Å². The molecule has 0 radical (unpaired) electrons. The van der Waals surface area contributed by atoms with Crippen molar-refractivity contribution < 1.29 is 13.2 Å². The summed E-state index contributed by atoms with van der Waals surface area (Å²) in [7, 11) is -3.30. The van der Waals surface area contributed by atoms with Gasteiger partial charge in [-0.2, -0.15) is 4.31 Å². The topological polar surface area (TPSA) is 46.6 Å². The number of rotatable bonds is 4. The van der Waals surface area contributed by atoms with Gasteiger partial charge in [-0.05, 0) is 49.4 Å². The minimum Gasteiger partial charge on any atom is -0.494 e. The molecule has 0 spiro atoms. The lowest BCUT2D eigenvalue weighted by Gasteiger charge is -2.17. The van der Waals surface area contributed by atoms with Gasteiger partial charge in [0.1, 0.15) is 5.75 Å². The van der Waals surface area contributed by atoms with E-state index in [1.54, 1.807) is 28.6 Å². The van der Waals surface area contributed by atoms with E-state index in [1.807, 2.05) is 6.92 Å². The van der Waals surface area contributed by atoms with Crippen LogP contribution in [0.2, 0.25) is 0 Å². The Bertz CT molecular complexity index is 528. The van der Waals surface area contributed by atoms with Crippen LogP contribution in [0.3, 0.4) is 0 Å². The van der Waals surface area contributed by atoms with Crippen molar-refractivity contribution in [2.75, 3.05) is 19.7 Å². The first-order valence-electron chi connectivity index (χ1n) is 6.34. The van der Waals surface area contributed by atoms with Gasteiger partial charge in [-0.3, -0.25) is 0 Å². The Hall–Kier alpha value is -1.07. The molecule has 98 valence electrons. The number of hydrogen-bond acceptors (Lipinski definition) is 3. The van der Waals surface area contributed by atoms with Crippen molar-refractivity contribution in [1.29, 1.82) is 0 Å². The molecule has 2 fully saturated rings. The molecule has 2 aliphatic rings. The lowest BCUT2D eigenvalue weighted by molar-refractivity contribution is 0.340. The standard InChI is InChI=1S/C13H17NO3S/c1-2-17-12-3-5-13(6-4-12)18(15,16)14-8-10-7-11(10)9-14/h3-6,10-11H,2,7-9H2,1H3. The normalized spacial score (nSPS) is 26.9. The van der Waals surface area contributed by atoms with E-state index in [1.165, 1.54) is 6.42 Å². The molecular weight excluding hydrogens is 250 g/mol. The monoisotopic (exact) mass is 267 g/mol. The third-order valence-electron chi connectivity index (χ3n) is 3.72. The van der Waals surface area contributed by atoms with E-state index in [0.29, 0.717) is 42.2 Å². The summed E-state index contributed by atoms with van der Waals surface area (Å²) < 4.78 is 31.6. The van der Waals surface area contributed by atoms with Gasteiger partial charge in [0.15, 0.2) is 0 Å². The molecule has 0 N–H and O–H groups in total. The second kappa shape index (κ2) is 4.24. The predicted molar refractivity (Wildman–Crippen MR) is 68.0 cm³/mol. The van der Waals surface area contributed by atoms with E-state index in [2.05, 4.69) is 0 Å². The van der Waals surface area contributed by atoms with Crippen molar-refractivity contribution in [2.24, 2.45) is 11.8 Å². The number of ether oxygens (including phenoxy) is 1. The molecule has 1 aromatic carbocycles. The molecule has 0 bridgehead atoms. The molecule has 18 heavy (non-hydrogen) atoms. The van der Waals surface area contributed by atoms with Gasteiger partial charge in [0, 0.05) is 13.1 Å². The lowest BCUT2D eigenvalue weighted by Crippen LogP contribution is -2.30. The fourth-order valence-electron chi connectivity index (χ4n) is 2.57. The Morgan fingerprint density at radius 1 is 1.22 bits per heavy atom. The SMILES string of the molecule is CCOc1ccc(S(=O)(=O)N2CC3CC3C2)cc1. The van der Waals surface area contributed by atoms with Crippen LogP contribution in [-0.4, -0.2) is 32.4 Å². The smallest absolute Gasteiger partial charge is 0.243 e. The van der Waals surface area contributed by atoms with Crippen molar-refractivity contribution in [3.8, 4) is 5.75 Å². The van der Waals surface area contributed by atoms with E-state index in [-0.39, 0.29) is 0 Å². The van der Waals surface area contributed by atoms with E-state index >= 15 is 0 Å². The van der Waals surface area contributed by atoms with Crippen LogP contribution in [0.1, 0.15) is 13.3 Å². The number of fused-ring (bicyclic) bond motifs is 1. The Balaban J connectivity index is 1.80. The zero-order valence-electron chi connectivity index (χ0n) is 10.4. The molecule has 5 heteroatoms. The first-order valence-corrected chi connectivity index (χ1v) is 7.78.